The second-order valence-corrected chi connectivity index (χ2v) is 8.33. The molecule has 1 aliphatic heterocycles. The van der Waals surface area contributed by atoms with Crippen molar-refractivity contribution in [3.63, 3.8) is 0 Å². The Labute approximate surface area is 175 Å². The molecule has 4 rings (SSSR count). The summed E-state index contributed by atoms with van der Waals surface area (Å²) in [5.41, 5.74) is 1.29. The number of rotatable bonds is 8. The lowest BCUT2D eigenvalue weighted by molar-refractivity contribution is 0.180. The summed E-state index contributed by atoms with van der Waals surface area (Å²) in [6, 6.07) is 12.8. The Balaban J connectivity index is 1.27. The molecule has 0 aliphatic carbocycles. The molecule has 1 aromatic carbocycles. The van der Waals surface area contributed by atoms with E-state index < -0.39 is 0 Å². The number of ether oxygens (including phenoxy) is 1. The summed E-state index contributed by atoms with van der Waals surface area (Å²) in [7, 11) is 3.64. The van der Waals surface area contributed by atoms with E-state index in [2.05, 4.69) is 38.6 Å². The van der Waals surface area contributed by atoms with Crippen LogP contribution in [0.3, 0.4) is 0 Å². The molecule has 0 amide bonds. The summed E-state index contributed by atoms with van der Waals surface area (Å²) in [4.78, 5) is 2.51. The molecule has 1 N–H and O–H groups in total. The molecule has 0 radical (unpaired) electrons. The maximum Gasteiger partial charge on any atom is 0.198 e. The van der Waals surface area contributed by atoms with Gasteiger partial charge in [-0.05, 0) is 61.0 Å². The maximum atomic E-state index is 5.94. The smallest absolute Gasteiger partial charge is 0.198 e. The van der Waals surface area contributed by atoms with Gasteiger partial charge < -0.3 is 19.0 Å². The highest BCUT2D eigenvalue weighted by molar-refractivity contribution is 7.99. The third kappa shape index (κ3) is 5.41. The average molecular weight is 414 g/mol. The quantitative estimate of drug-likeness (QED) is 0.607. The van der Waals surface area contributed by atoms with Crippen LogP contribution in [-0.4, -0.2) is 45.9 Å². The highest BCUT2D eigenvalue weighted by atomic mass is 32.2. The lowest BCUT2D eigenvalue weighted by Gasteiger charge is -2.33. The molecule has 2 aromatic heterocycles. The summed E-state index contributed by atoms with van der Waals surface area (Å²) in [6.07, 6.45) is 4.08. The van der Waals surface area contributed by atoms with Crippen molar-refractivity contribution in [2.45, 2.75) is 42.2 Å². The van der Waals surface area contributed by atoms with E-state index in [0.717, 1.165) is 47.9 Å². The Morgan fingerprint density at radius 2 is 2.24 bits per heavy atom. The van der Waals surface area contributed by atoms with Gasteiger partial charge in [0.15, 0.2) is 10.2 Å². The van der Waals surface area contributed by atoms with E-state index in [-0.39, 0.29) is 0 Å². The van der Waals surface area contributed by atoms with Gasteiger partial charge in [0.05, 0.1) is 13.7 Å². The minimum absolute atomic E-state index is 0.467. The van der Waals surface area contributed by atoms with Crippen LogP contribution in [0.4, 0.5) is 0 Å². The van der Waals surface area contributed by atoms with Crippen molar-refractivity contribution in [2.24, 2.45) is 7.05 Å². The minimum atomic E-state index is 0.467. The summed E-state index contributed by atoms with van der Waals surface area (Å²) in [5.74, 6) is 1.86. The number of hydrogen-bond acceptors (Lipinski definition) is 7. The monoisotopic (exact) mass is 413 g/mol. The van der Waals surface area contributed by atoms with Gasteiger partial charge in [-0.25, -0.2) is 0 Å². The van der Waals surface area contributed by atoms with Crippen LogP contribution in [0.15, 0.2) is 57.4 Å². The van der Waals surface area contributed by atoms with Crippen LogP contribution in [0.25, 0.3) is 0 Å². The zero-order valence-electron chi connectivity index (χ0n) is 16.9. The van der Waals surface area contributed by atoms with Crippen LogP contribution >= 0.6 is 11.8 Å². The summed E-state index contributed by atoms with van der Waals surface area (Å²) in [5, 5.41) is 13.3. The van der Waals surface area contributed by atoms with Gasteiger partial charge in [0.1, 0.15) is 17.8 Å². The van der Waals surface area contributed by atoms with E-state index in [0.29, 0.717) is 6.04 Å². The van der Waals surface area contributed by atoms with Crippen LogP contribution in [0.5, 0.6) is 5.75 Å². The van der Waals surface area contributed by atoms with Gasteiger partial charge in [-0.2, -0.15) is 0 Å². The highest BCUT2D eigenvalue weighted by Gasteiger charge is 2.20. The SMILES string of the molecule is COc1cccc(CN2CCCC(NCc3ccc(Sc4nncn4C)o3)C2)c1. The second-order valence-electron chi connectivity index (χ2n) is 7.35. The van der Waals surface area contributed by atoms with Crippen molar-refractivity contribution in [3.05, 3.63) is 54.0 Å². The second kappa shape index (κ2) is 9.47. The first kappa shape index (κ1) is 20.0. The molecule has 8 heteroatoms. The molecule has 1 fully saturated rings. The molecule has 1 atom stereocenters. The van der Waals surface area contributed by atoms with Crippen LogP contribution in [0.2, 0.25) is 0 Å². The molecule has 3 aromatic rings. The molecule has 1 saturated heterocycles. The van der Waals surface area contributed by atoms with E-state index in [1.165, 1.54) is 30.2 Å². The Hall–Kier alpha value is -2.29. The Morgan fingerprint density at radius 3 is 3.07 bits per heavy atom. The fourth-order valence-corrected chi connectivity index (χ4v) is 4.35. The van der Waals surface area contributed by atoms with Crippen molar-refractivity contribution < 1.29 is 9.15 Å². The standard InChI is InChI=1S/C21H27N5O2S/c1-25-15-23-24-21(25)29-20-9-8-19(28-20)12-22-17-6-4-10-26(14-17)13-16-5-3-7-18(11-16)27-2/h3,5,7-9,11,15,17,22H,4,6,10,12-14H2,1-2H3. The van der Waals surface area contributed by atoms with Crippen molar-refractivity contribution in [2.75, 3.05) is 20.2 Å². The molecule has 0 spiro atoms. The fraction of sp³-hybridized carbons (Fsp3) is 0.429. The number of likely N-dealkylation sites (tertiary alicyclic amines) is 1. The van der Waals surface area contributed by atoms with E-state index in [9.17, 15) is 0 Å². The Morgan fingerprint density at radius 1 is 1.31 bits per heavy atom. The molecule has 1 aliphatic rings. The number of benzene rings is 1. The largest absolute Gasteiger partial charge is 0.497 e. The van der Waals surface area contributed by atoms with Gasteiger partial charge in [-0.1, -0.05) is 12.1 Å². The number of furan rings is 1. The first-order valence-electron chi connectivity index (χ1n) is 9.89. The third-order valence-electron chi connectivity index (χ3n) is 5.11. The normalized spacial score (nSPS) is 17.5. The maximum absolute atomic E-state index is 5.94. The van der Waals surface area contributed by atoms with Gasteiger partial charge in [0.25, 0.3) is 0 Å². The van der Waals surface area contributed by atoms with Crippen molar-refractivity contribution in [1.29, 1.82) is 0 Å². The summed E-state index contributed by atoms with van der Waals surface area (Å²) < 4.78 is 13.2. The number of aryl methyl sites for hydroxylation is 1. The first-order valence-corrected chi connectivity index (χ1v) is 10.7. The van der Waals surface area contributed by atoms with Crippen LogP contribution in [-0.2, 0) is 20.1 Å². The van der Waals surface area contributed by atoms with Crippen LogP contribution in [0.1, 0.15) is 24.2 Å². The number of nitrogens with one attached hydrogen (secondary N) is 1. The number of piperidine rings is 1. The predicted octanol–water partition coefficient (Wildman–Crippen LogP) is 3.32. The van der Waals surface area contributed by atoms with E-state index in [4.69, 9.17) is 9.15 Å². The van der Waals surface area contributed by atoms with E-state index in [1.807, 2.05) is 29.8 Å². The first-order chi connectivity index (χ1) is 14.2. The lowest BCUT2D eigenvalue weighted by atomic mass is 10.0. The van der Waals surface area contributed by atoms with Crippen molar-refractivity contribution in [3.8, 4) is 5.75 Å². The Kier molecular flexibility index (Phi) is 6.53. The van der Waals surface area contributed by atoms with Gasteiger partial charge in [-0.3, -0.25) is 4.90 Å². The van der Waals surface area contributed by atoms with Gasteiger partial charge in [0.2, 0.25) is 0 Å². The van der Waals surface area contributed by atoms with Crippen LogP contribution < -0.4 is 10.1 Å². The minimum Gasteiger partial charge on any atom is -0.497 e. The molecular formula is C21H27N5O2S. The Bertz CT molecular complexity index is 925. The van der Waals surface area contributed by atoms with Gasteiger partial charge in [0, 0.05) is 26.2 Å². The zero-order chi connectivity index (χ0) is 20.1. The van der Waals surface area contributed by atoms with Crippen LogP contribution in [0, 0.1) is 0 Å². The zero-order valence-corrected chi connectivity index (χ0v) is 17.7. The average Bonchev–Trinajstić information content (AvgIpc) is 3.36. The summed E-state index contributed by atoms with van der Waals surface area (Å²) >= 11 is 1.48. The number of aromatic nitrogens is 3. The molecule has 1 unspecified atom stereocenters. The van der Waals surface area contributed by atoms with Gasteiger partial charge in [-0.15, -0.1) is 10.2 Å². The van der Waals surface area contributed by atoms with E-state index >= 15 is 0 Å². The molecule has 154 valence electrons. The summed E-state index contributed by atoms with van der Waals surface area (Å²) in [6.45, 7) is 3.86. The topological polar surface area (TPSA) is 68.3 Å². The van der Waals surface area contributed by atoms with E-state index in [1.54, 1.807) is 13.4 Å². The molecule has 3 heterocycles. The van der Waals surface area contributed by atoms with Gasteiger partial charge >= 0.3 is 0 Å². The molecule has 0 bridgehead atoms. The lowest BCUT2D eigenvalue weighted by Crippen LogP contribution is -2.44. The fourth-order valence-electron chi connectivity index (χ4n) is 3.60. The number of nitrogens with zero attached hydrogens (tertiary/aromatic N) is 4. The van der Waals surface area contributed by atoms with Crippen molar-refractivity contribution in [1.82, 2.24) is 25.0 Å². The molecule has 7 nitrogen and oxygen atoms in total. The highest BCUT2D eigenvalue weighted by Crippen LogP contribution is 2.27. The third-order valence-corrected chi connectivity index (χ3v) is 6.08. The number of hydrogen-bond donors (Lipinski definition) is 1. The number of methoxy groups -OCH3 is 1. The molecular weight excluding hydrogens is 386 g/mol. The van der Waals surface area contributed by atoms with Crippen molar-refractivity contribution >= 4 is 11.8 Å². The predicted molar refractivity (Wildman–Crippen MR) is 112 cm³/mol. The molecule has 0 saturated carbocycles. The molecule has 29 heavy (non-hydrogen) atoms.